The molecule has 0 amide bonds. The van der Waals surface area contributed by atoms with Gasteiger partial charge in [0.15, 0.2) is 0 Å². The Morgan fingerprint density at radius 2 is 0.468 bits per heavy atom. The van der Waals surface area contributed by atoms with Gasteiger partial charge in [-0.05, 0) is 323 Å². The lowest BCUT2D eigenvalue weighted by Gasteiger charge is -2.51. The molecular weight excluding hydrogens is 1770 g/mol. The van der Waals surface area contributed by atoms with Gasteiger partial charge in [0.1, 0.15) is 45.7 Å². The normalized spacial score (nSPS) is 21.3. The molecule has 23 rings (SSSR count). The Hall–Kier alpha value is -12.1. The van der Waals surface area contributed by atoms with E-state index in [4.69, 9.17) is 76.9 Å². The number of fused-ring (bicyclic) bond motifs is 15. The lowest BCUT2D eigenvalue weighted by Crippen LogP contribution is -2.58. The number of carboxylic acid groups (broad SMARTS) is 3. The zero-order valence-electron chi connectivity index (χ0n) is 84.8. The van der Waals surface area contributed by atoms with E-state index in [9.17, 15) is 14.4 Å². The predicted molar refractivity (Wildman–Crippen MR) is 559 cm³/mol. The van der Waals surface area contributed by atoms with Gasteiger partial charge in [0.2, 0.25) is 0 Å². The molecule has 0 saturated carbocycles. The molecule has 0 spiro atoms. The monoisotopic (exact) mass is 1910 g/mol. The van der Waals surface area contributed by atoms with Crippen LogP contribution >= 0.6 is 0 Å². The van der Waals surface area contributed by atoms with Crippen LogP contribution in [0.5, 0.6) is 34.5 Å². The summed E-state index contributed by atoms with van der Waals surface area (Å²) in [5.41, 5.74) is 8.72. The summed E-state index contributed by atoms with van der Waals surface area (Å²) in [5, 5.41) is 39.6. The van der Waals surface area contributed by atoms with Crippen LogP contribution < -0.4 is 18.9 Å². The van der Waals surface area contributed by atoms with E-state index >= 15 is 0 Å². The Bertz CT molecular complexity index is 6660. The Morgan fingerprint density at radius 3 is 0.723 bits per heavy atom. The highest BCUT2D eigenvalue weighted by molar-refractivity contribution is 5.97. The molecule has 4 unspecified atom stereocenters. The second-order valence-electron chi connectivity index (χ2n) is 40.3. The van der Waals surface area contributed by atoms with E-state index in [1.165, 1.54) is 33.0 Å². The number of hydrogen-bond donors (Lipinski definition) is 3. The van der Waals surface area contributed by atoms with Crippen LogP contribution in [-0.4, -0.2) is 104 Å². The van der Waals surface area contributed by atoms with Gasteiger partial charge in [-0.3, -0.25) is 0 Å². The van der Waals surface area contributed by atoms with Crippen molar-refractivity contribution < 1.29 is 91.3 Å². The first-order valence-electron chi connectivity index (χ1n) is 50.3. The molecular formula is C122H138O19. The number of carboxylic acids is 3. The molecule has 9 aliphatic heterocycles. The summed E-state index contributed by atoms with van der Waals surface area (Å²) in [6.07, 6.45) is 9.39. The maximum atomic E-state index is 11.0. The van der Waals surface area contributed by atoms with E-state index in [0.717, 1.165) is 163 Å². The molecule has 0 aromatic heterocycles. The molecule has 6 bridgehead atoms. The van der Waals surface area contributed by atoms with Gasteiger partial charge >= 0.3 is 35.8 Å². The second-order valence-corrected chi connectivity index (χ2v) is 40.3. The third-order valence-electron chi connectivity index (χ3n) is 29.6. The van der Waals surface area contributed by atoms with Crippen molar-refractivity contribution in [2.75, 3.05) is 59.5 Å². The van der Waals surface area contributed by atoms with Gasteiger partial charge in [0.05, 0.1) is 76.2 Å². The summed E-state index contributed by atoms with van der Waals surface area (Å²) in [4.78, 5) is 32.8. The van der Waals surface area contributed by atoms with E-state index in [0.29, 0.717) is 94.3 Å². The molecule has 19 heteroatoms. The molecule has 9 heterocycles. The summed E-state index contributed by atoms with van der Waals surface area (Å²) in [6, 6.07) is 87.4. The minimum Gasteiger partial charge on any atom is -0.488 e. The van der Waals surface area contributed by atoms with E-state index in [-0.39, 0.29) is 33.0 Å². The molecule has 9 saturated heterocycles. The third-order valence-corrected chi connectivity index (χ3v) is 29.6. The van der Waals surface area contributed by atoms with E-state index in [1.54, 1.807) is 42.5 Å². The number of carbonyl (C=O) groups is 3. The van der Waals surface area contributed by atoms with Crippen molar-refractivity contribution in [1.82, 2.24) is 0 Å². The summed E-state index contributed by atoms with van der Waals surface area (Å²) >= 11 is 0. The first-order valence-corrected chi connectivity index (χ1v) is 50.3. The summed E-state index contributed by atoms with van der Waals surface area (Å²) in [7, 11) is 0. The van der Waals surface area contributed by atoms with Gasteiger partial charge in [0.25, 0.3) is 0 Å². The standard InChI is InChI=1S/C27H30O4.C22H28O4.C21H26O3.C21H20O3.C16H18O3.C15H16O2/c1-4-19(3)20-7-11-24(12-8-20)31-25-13-9-21-14-23(10-6-22(21)15-25)27-28-16-26(5-2,17-29-27)18-30-27;1-5-20(3,4)26-19-10-8-16-11-18(9-7-17(16)12-19)22-23-13-21(6-2,14-24-22)15-25-22;1-4-15(3)16-6-7-18-11-19(9-8-17(18)10-16)21-22-12-20(5-2,13-23-21)14-24-21;1-3-14(2)15-6-9-19(10-7-15)24-20-11-8-16-12-18(21(22)23)5-4-17(16)13-20;1-4-16(2,3)19-14-8-7-11-9-13(15(17)18)6-5-12(11)10-14;1-3-10(2)11-4-5-13-9-14(15(16)17)7-6-12(13)8-11/h6-15,19H,4-5,16-18H2,1-3H3;7-12H,5-6,13-15H2,1-4H3;6-11,15H,4-5,12-14H2,1-3H3;4-14H,3H2,1-2H3,(H,22,23);5-10H,4H2,1-3H3,(H,17,18);4-10H,3H2,1-2H3,(H,16,17). The zero-order valence-corrected chi connectivity index (χ0v) is 84.8. The van der Waals surface area contributed by atoms with E-state index < -0.39 is 35.8 Å². The maximum absolute atomic E-state index is 11.0. The molecule has 14 aromatic rings. The molecule has 141 heavy (non-hydrogen) atoms. The minimum absolute atomic E-state index is 0.00236. The van der Waals surface area contributed by atoms with E-state index in [1.807, 2.05) is 117 Å². The highest BCUT2D eigenvalue weighted by atomic mass is 16.9. The number of rotatable bonds is 27. The van der Waals surface area contributed by atoms with Crippen molar-refractivity contribution in [2.24, 2.45) is 16.2 Å². The maximum Gasteiger partial charge on any atom is 0.335 e. The van der Waals surface area contributed by atoms with Crippen LogP contribution in [0.15, 0.2) is 267 Å². The second kappa shape index (κ2) is 44.2. The van der Waals surface area contributed by atoms with Crippen LogP contribution in [0.1, 0.15) is 269 Å². The Morgan fingerprint density at radius 1 is 0.262 bits per heavy atom. The average Bonchev–Trinajstić information content (AvgIpc) is 0.747. The molecule has 0 radical (unpaired) electrons. The molecule has 9 fully saturated rings. The Balaban J connectivity index is 0.000000129. The van der Waals surface area contributed by atoms with Crippen molar-refractivity contribution >= 4 is 82.5 Å². The van der Waals surface area contributed by atoms with Gasteiger partial charge in [-0.2, -0.15) is 0 Å². The van der Waals surface area contributed by atoms with E-state index in [2.05, 4.69) is 225 Å². The zero-order chi connectivity index (χ0) is 100. The lowest BCUT2D eigenvalue weighted by atomic mass is 9.85. The molecule has 740 valence electrons. The molecule has 3 N–H and O–H groups in total. The van der Waals surface area contributed by atoms with Gasteiger partial charge in [0, 0.05) is 32.9 Å². The Labute approximate surface area is 830 Å². The topological polar surface area (TPSA) is 232 Å². The highest BCUT2D eigenvalue weighted by Gasteiger charge is 2.56. The third kappa shape index (κ3) is 24.1. The van der Waals surface area contributed by atoms with Gasteiger partial charge in [-0.15, -0.1) is 0 Å². The quantitative estimate of drug-likeness (QED) is 0.0434. The smallest absolute Gasteiger partial charge is 0.335 e. The van der Waals surface area contributed by atoms with Crippen molar-refractivity contribution in [3.63, 3.8) is 0 Å². The van der Waals surface area contributed by atoms with Crippen molar-refractivity contribution in [1.29, 1.82) is 0 Å². The SMILES string of the molecule is CCC(C)(C)Oc1ccc2cc(C(=O)O)ccc2c1.CCC(C)c1ccc(Oc2ccc3cc(C(=O)O)ccc3c2)cc1.CCC(C)c1ccc(Oc2ccc3cc(C45OCC(CC)(CO4)CO5)ccc3c2)cc1.CCC(C)c1ccc2cc(C(=O)O)ccc2c1.CCC(C)c1ccc2cc(C34OCC(CC)(CO3)CO4)ccc2c1.CCC12COC(c3ccc4cc(OC(C)(C)CC)ccc4c3)(OC1)OC2. The van der Waals surface area contributed by atoms with Crippen LogP contribution in [0, 0.1) is 16.2 Å². The van der Waals surface area contributed by atoms with Gasteiger partial charge in [-0.25, -0.2) is 14.4 Å². The number of ether oxygens (including phenoxy) is 13. The molecule has 14 aromatic carbocycles. The fourth-order valence-electron chi connectivity index (χ4n) is 17.6. The molecule has 0 aliphatic carbocycles. The van der Waals surface area contributed by atoms with Crippen LogP contribution in [0.2, 0.25) is 0 Å². The van der Waals surface area contributed by atoms with Gasteiger partial charge in [-0.1, -0.05) is 230 Å². The Kier molecular flexibility index (Phi) is 32.4. The largest absolute Gasteiger partial charge is 0.488 e. The predicted octanol–water partition coefficient (Wildman–Crippen LogP) is 30.7. The average molecular weight is 1910 g/mol. The summed E-state index contributed by atoms with van der Waals surface area (Å²) in [5.74, 6) is 1.29. The lowest BCUT2D eigenvalue weighted by molar-refractivity contribution is -0.480. The first kappa shape index (κ1) is 103. The molecule has 4 atom stereocenters. The molecule has 19 nitrogen and oxygen atoms in total. The van der Waals surface area contributed by atoms with Crippen LogP contribution in [0.25, 0.3) is 64.6 Å². The van der Waals surface area contributed by atoms with Crippen molar-refractivity contribution in [3.05, 3.63) is 323 Å². The first-order chi connectivity index (χ1) is 67.6. The number of benzene rings is 14. The van der Waals surface area contributed by atoms with Crippen LogP contribution in [0.4, 0.5) is 0 Å². The van der Waals surface area contributed by atoms with Crippen molar-refractivity contribution in [2.45, 2.75) is 228 Å². The fraction of sp³-hybridized carbons (Fsp3) is 0.385. The van der Waals surface area contributed by atoms with Crippen LogP contribution in [-0.2, 0) is 60.6 Å². The number of hydrogen-bond acceptors (Lipinski definition) is 16. The summed E-state index contributed by atoms with van der Waals surface area (Å²) in [6.45, 7) is 42.9. The molecule has 9 aliphatic rings. The number of aromatic carboxylic acids is 3. The van der Waals surface area contributed by atoms with Gasteiger partial charge < -0.3 is 76.9 Å². The fourth-order valence-corrected chi connectivity index (χ4v) is 17.6. The highest BCUT2D eigenvalue weighted by Crippen LogP contribution is 2.51. The minimum atomic E-state index is -1.07. The summed E-state index contributed by atoms with van der Waals surface area (Å²) < 4.78 is 78.4. The van der Waals surface area contributed by atoms with Crippen molar-refractivity contribution in [3.8, 4) is 34.5 Å². The van der Waals surface area contributed by atoms with Crippen LogP contribution in [0.3, 0.4) is 0 Å².